The Bertz CT molecular complexity index is 915. The number of para-hydroxylation sites is 1. The number of benzene rings is 3. The van der Waals surface area contributed by atoms with E-state index in [9.17, 15) is 0 Å². The molecule has 0 aromatic heterocycles. The summed E-state index contributed by atoms with van der Waals surface area (Å²) in [4.78, 5) is 5.05. The Morgan fingerprint density at radius 2 is 1.50 bits per heavy atom. The van der Waals surface area contributed by atoms with E-state index in [4.69, 9.17) is 4.74 Å². The summed E-state index contributed by atoms with van der Waals surface area (Å²) >= 11 is 0. The molecule has 0 amide bonds. The van der Waals surface area contributed by atoms with Gasteiger partial charge < -0.3 is 9.64 Å². The van der Waals surface area contributed by atoms with Gasteiger partial charge in [-0.05, 0) is 60.9 Å². The van der Waals surface area contributed by atoms with E-state index in [2.05, 4.69) is 60.0 Å². The lowest BCUT2D eigenvalue weighted by Gasteiger charge is -2.37. The van der Waals surface area contributed by atoms with Crippen LogP contribution in [0.4, 0.5) is 5.69 Å². The molecule has 3 aromatic rings. The molecular weight excluding hydrogens is 344 g/mol. The van der Waals surface area contributed by atoms with Crippen molar-refractivity contribution in [2.75, 3.05) is 31.1 Å². The lowest BCUT2D eigenvalue weighted by Crippen LogP contribution is -2.46. The second-order valence-electron chi connectivity index (χ2n) is 7.62. The van der Waals surface area contributed by atoms with Gasteiger partial charge in [0.25, 0.3) is 0 Å². The number of nitrogens with zero attached hydrogens (tertiary/aromatic N) is 2. The fraction of sp³-hybridized carbons (Fsp3) is 0.280. The van der Waals surface area contributed by atoms with E-state index in [1.54, 1.807) is 0 Å². The molecule has 0 N–H and O–H groups in total. The number of hydrogen-bond acceptors (Lipinski definition) is 3. The molecule has 1 saturated heterocycles. The second-order valence-corrected chi connectivity index (χ2v) is 7.62. The summed E-state index contributed by atoms with van der Waals surface area (Å²) in [7, 11) is 0. The molecular formula is C25H28N2O. The summed E-state index contributed by atoms with van der Waals surface area (Å²) in [6.45, 7) is 9.65. The van der Waals surface area contributed by atoms with Crippen molar-refractivity contribution in [1.82, 2.24) is 4.90 Å². The topological polar surface area (TPSA) is 15.7 Å². The normalized spacial score (nSPS) is 14.9. The van der Waals surface area contributed by atoms with Gasteiger partial charge in [0, 0.05) is 38.4 Å². The average Bonchev–Trinajstić information content (AvgIpc) is 2.72. The van der Waals surface area contributed by atoms with Crippen molar-refractivity contribution in [2.45, 2.75) is 20.4 Å². The van der Waals surface area contributed by atoms with Gasteiger partial charge in [0.05, 0.1) is 0 Å². The average molecular weight is 373 g/mol. The summed E-state index contributed by atoms with van der Waals surface area (Å²) in [5, 5.41) is 0. The first-order valence-electron chi connectivity index (χ1n) is 10.0. The summed E-state index contributed by atoms with van der Waals surface area (Å²) in [6, 6.07) is 25.2. The Balaban J connectivity index is 1.36. The molecule has 3 aromatic carbocycles. The molecule has 4 rings (SSSR count). The van der Waals surface area contributed by atoms with Gasteiger partial charge in [-0.25, -0.2) is 0 Å². The van der Waals surface area contributed by atoms with Crippen molar-refractivity contribution >= 4 is 5.69 Å². The first-order valence-corrected chi connectivity index (χ1v) is 10.0. The van der Waals surface area contributed by atoms with Crippen LogP contribution in [0.25, 0.3) is 0 Å². The van der Waals surface area contributed by atoms with E-state index in [1.165, 1.54) is 22.4 Å². The summed E-state index contributed by atoms with van der Waals surface area (Å²) in [6.07, 6.45) is 0. The number of piperazine rings is 1. The van der Waals surface area contributed by atoms with Crippen molar-refractivity contribution in [3.8, 4) is 11.5 Å². The van der Waals surface area contributed by atoms with Crippen LogP contribution < -0.4 is 9.64 Å². The van der Waals surface area contributed by atoms with Crippen LogP contribution in [-0.2, 0) is 6.54 Å². The zero-order valence-electron chi connectivity index (χ0n) is 16.8. The van der Waals surface area contributed by atoms with Gasteiger partial charge in [-0.2, -0.15) is 0 Å². The van der Waals surface area contributed by atoms with E-state index in [0.717, 1.165) is 44.2 Å². The SMILES string of the molecule is Cc1ccc(C)c(N2CCN(Cc3cccc(Oc4ccccc4)c3)CC2)c1. The largest absolute Gasteiger partial charge is 0.457 e. The van der Waals surface area contributed by atoms with Gasteiger partial charge in [-0.1, -0.05) is 42.5 Å². The molecule has 3 nitrogen and oxygen atoms in total. The molecule has 1 aliphatic heterocycles. The summed E-state index contributed by atoms with van der Waals surface area (Å²) < 4.78 is 5.98. The fourth-order valence-electron chi connectivity index (χ4n) is 3.80. The Morgan fingerprint density at radius 3 is 2.29 bits per heavy atom. The fourth-order valence-corrected chi connectivity index (χ4v) is 3.80. The minimum Gasteiger partial charge on any atom is -0.457 e. The standard InChI is InChI=1S/C25H28N2O/c1-20-11-12-21(2)25(17-20)27-15-13-26(14-16-27)19-22-7-6-10-24(18-22)28-23-8-4-3-5-9-23/h3-12,17-18H,13-16,19H2,1-2H3. The van der Waals surface area contributed by atoms with Crippen LogP contribution in [0.2, 0.25) is 0 Å². The third-order valence-electron chi connectivity index (χ3n) is 5.36. The Hall–Kier alpha value is -2.78. The van der Waals surface area contributed by atoms with Crippen LogP contribution in [0.15, 0.2) is 72.8 Å². The predicted octanol–water partition coefficient (Wildman–Crippen LogP) is 5.42. The highest BCUT2D eigenvalue weighted by Crippen LogP contribution is 2.25. The van der Waals surface area contributed by atoms with E-state index in [1.807, 2.05) is 36.4 Å². The highest BCUT2D eigenvalue weighted by molar-refractivity contribution is 5.55. The highest BCUT2D eigenvalue weighted by Gasteiger charge is 2.18. The first-order chi connectivity index (χ1) is 13.7. The Labute approximate surface area is 168 Å². The lowest BCUT2D eigenvalue weighted by atomic mass is 10.1. The second kappa shape index (κ2) is 8.49. The van der Waals surface area contributed by atoms with Crippen LogP contribution in [0, 0.1) is 13.8 Å². The zero-order chi connectivity index (χ0) is 19.3. The van der Waals surface area contributed by atoms with E-state index in [0.29, 0.717) is 0 Å². The van der Waals surface area contributed by atoms with Crippen LogP contribution in [0.5, 0.6) is 11.5 Å². The summed E-state index contributed by atoms with van der Waals surface area (Å²) in [5.41, 5.74) is 5.38. The molecule has 1 fully saturated rings. The lowest BCUT2D eigenvalue weighted by molar-refractivity contribution is 0.249. The van der Waals surface area contributed by atoms with E-state index in [-0.39, 0.29) is 0 Å². The first kappa shape index (κ1) is 18.6. The summed E-state index contributed by atoms with van der Waals surface area (Å²) in [5.74, 6) is 1.78. The van der Waals surface area contributed by atoms with Gasteiger partial charge in [0.1, 0.15) is 11.5 Å². The molecule has 3 heteroatoms. The van der Waals surface area contributed by atoms with Crippen molar-refractivity contribution in [2.24, 2.45) is 0 Å². The van der Waals surface area contributed by atoms with Crippen LogP contribution >= 0.6 is 0 Å². The van der Waals surface area contributed by atoms with Gasteiger partial charge in [-0.15, -0.1) is 0 Å². The van der Waals surface area contributed by atoms with Crippen molar-refractivity contribution in [3.63, 3.8) is 0 Å². The maximum Gasteiger partial charge on any atom is 0.127 e. The number of hydrogen-bond donors (Lipinski definition) is 0. The van der Waals surface area contributed by atoms with Gasteiger partial charge >= 0.3 is 0 Å². The maximum atomic E-state index is 5.98. The number of ether oxygens (including phenoxy) is 1. The molecule has 0 spiro atoms. The third-order valence-corrected chi connectivity index (χ3v) is 5.36. The maximum absolute atomic E-state index is 5.98. The molecule has 0 bridgehead atoms. The van der Waals surface area contributed by atoms with Crippen LogP contribution in [0.3, 0.4) is 0 Å². The number of anilines is 1. The number of aryl methyl sites for hydroxylation is 2. The molecule has 144 valence electrons. The van der Waals surface area contributed by atoms with Gasteiger partial charge in [0.15, 0.2) is 0 Å². The molecule has 0 radical (unpaired) electrons. The zero-order valence-corrected chi connectivity index (χ0v) is 16.8. The quantitative estimate of drug-likeness (QED) is 0.595. The van der Waals surface area contributed by atoms with Crippen molar-refractivity contribution in [3.05, 3.63) is 89.5 Å². The molecule has 0 saturated carbocycles. The van der Waals surface area contributed by atoms with E-state index >= 15 is 0 Å². The number of rotatable bonds is 5. The molecule has 1 aliphatic rings. The van der Waals surface area contributed by atoms with E-state index < -0.39 is 0 Å². The predicted molar refractivity (Wildman–Crippen MR) is 116 cm³/mol. The Morgan fingerprint density at radius 1 is 0.750 bits per heavy atom. The van der Waals surface area contributed by atoms with Crippen molar-refractivity contribution < 1.29 is 4.74 Å². The molecule has 0 aliphatic carbocycles. The van der Waals surface area contributed by atoms with Crippen molar-refractivity contribution in [1.29, 1.82) is 0 Å². The minimum absolute atomic E-state index is 0.877. The van der Waals surface area contributed by atoms with Gasteiger partial charge in [-0.3, -0.25) is 4.90 Å². The highest BCUT2D eigenvalue weighted by atomic mass is 16.5. The van der Waals surface area contributed by atoms with Crippen LogP contribution in [-0.4, -0.2) is 31.1 Å². The molecule has 0 atom stereocenters. The molecule has 28 heavy (non-hydrogen) atoms. The molecule has 0 unspecified atom stereocenters. The smallest absolute Gasteiger partial charge is 0.127 e. The third kappa shape index (κ3) is 4.55. The molecule has 1 heterocycles. The Kier molecular flexibility index (Phi) is 5.63. The van der Waals surface area contributed by atoms with Gasteiger partial charge in [0.2, 0.25) is 0 Å². The minimum atomic E-state index is 0.877. The van der Waals surface area contributed by atoms with Crippen LogP contribution in [0.1, 0.15) is 16.7 Å². The monoisotopic (exact) mass is 372 g/mol.